The average molecular weight is 320 g/mol. The van der Waals surface area contributed by atoms with Crippen LogP contribution < -0.4 is 16.4 Å². The van der Waals surface area contributed by atoms with Crippen molar-refractivity contribution >= 4 is 17.1 Å². The predicted molar refractivity (Wildman–Crippen MR) is 105 cm³/mol. The van der Waals surface area contributed by atoms with Gasteiger partial charge in [-0.25, -0.2) is 0 Å². The van der Waals surface area contributed by atoms with Crippen molar-refractivity contribution in [2.24, 2.45) is 11.8 Å². The van der Waals surface area contributed by atoms with Crippen LogP contribution in [0.15, 0.2) is 18.2 Å². The van der Waals surface area contributed by atoms with E-state index in [4.69, 9.17) is 5.73 Å². The molecule has 132 valence electrons. The maximum Gasteiger partial charge on any atom is 0.0577 e. The highest BCUT2D eigenvalue weighted by atomic mass is 14.9. The van der Waals surface area contributed by atoms with Crippen LogP contribution in [0.1, 0.15) is 67.2 Å². The fraction of sp³-hybridized carbons (Fsp3) is 0.700. The lowest BCUT2D eigenvalue weighted by Crippen LogP contribution is -2.18. The van der Waals surface area contributed by atoms with Crippen molar-refractivity contribution in [3.05, 3.63) is 18.2 Å². The van der Waals surface area contributed by atoms with Gasteiger partial charge in [0, 0.05) is 17.8 Å². The minimum atomic E-state index is 0.448. The minimum absolute atomic E-state index is 0.448. The Labute approximate surface area is 143 Å². The highest BCUT2D eigenvalue weighted by Gasteiger charge is 2.08. The van der Waals surface area contributed by atoms with Crippen molar-refractivity contribution in [2.75, 3.05) is 16.4 Å². The largest absolute Gasteiger partial charge is 0.397 e. The quantitative estimate of drug-likeness (QED) is 0.482. The van der Waals surface area contributed by atoms with E-state index in [2.05, 4.69) is 64.3 Å². The maximum absolute atomic E-state index is 6.22. The summed E-state index contributed by atoms with van der Waals surface area (Å²) in [6.45, 7) is 13.5. The second kappa shape index (κ2) is 9.69. The smallest absolute Gasteiger partial charge is 0.0577 e. The van der Waals surface area contributed by atoms with Gasteiger partial charge in [-0.2, -0.15) is 0 Å². The molecule has 1 rings (SSSR count). The third-order valence-corrected chi connectivity index (χ3v) is 4.22. The van der Waals surface area contributed by atoms with Crippen LogP contribution in [-0.4, -0.2) is 12.1 Å². The number of hydrogen-bond donors (Lipinski definition) is 3. The lowest BCUT2D eigenvalue weighted by Gasteiger charge is -2.20. The Kier molecular flexibility index (Phi) is 8.29. The minimum Gasteiger partial charge on any atom is -0.397 e. The van der Waals surface area contributed by atoms with Gasteiger partial charge in [0.05, 0.1) is 11.4 Å². The zero-order valence-corrected chi connectivity index (χ0v) is 15.9. The van der Waals surface area contributed by atoms with E-state index in [9.17, 15) is 0 Å². The Morgan fingerprint density at radius 2 is 1.30 bits per heavy atom. The molecule has 1 aromatic rings. The van der Waals surface area contributed by atoms with Crippen molar-refractivity contribution in [3.8, 4) is 0 Å². The van der Waals surface area contributed by atoms with E-state index in [1.54, 1.807) is 0 Å². The highest BCUT2D eigenvalue weighted by Crippen LogP contribution is 2.25. The first kappa shape index (κ1) is 19.7. The summed E-state index contributed by atoms with van der Waals surface area (Å²) in [5.41, 5.74) is 9.20. The molecule has 0 aromatic heterocycles. The number of anilines is 3. The molecule has 4 N–H and O–H groups in total. The standard InChI is InChI=1S/C20H37N3/c1-14(2)7-9-16(5)22-18-11-12-20(19(21)13-18)23-17(6)10-8-15(3)4/h11-17,22-23H,7-10,21H2,1-6H3. The molecule has 0 bridgehead atoms. The number of nitrogens with one attached hydrogen (secondary N) is 2. The van der Waals surface area contributed by atoms with E-state index >= 15 is 0 Å². The topological polar surface area (TPSA) is 50.1 Å². The Morgan fingerprint density at radius 3 is 1.78 bits per heavy atom. The third-order valence-electron chi connectivity index (χ3n) is 4.22. The van der Waals surface area contributed by atoms with Gasteiger partial charge in [0.15, 0.2) is 0 Å². The molecule has 0 radical (unpaired) electrons. The Morgan fingerprint density at radius 1 is 0.783 bits per heavy atom. The van der Waals surface area contributed by atoms with E-state index < -0.39 is 0 Å². The van der Waals surface area contributed by atoms with Crippen molar-refractivity contribution in [3.63, 3.8) is 0 Å². The van der Waals surface area contributed by atoms with Gasteiger partial charge in [0.2, 0.25) is 0 Å². The molecule has 0 heterocycles. The summed E-state index contributed by atoms with van der Waals surface area (Å²) in [5, 5.41) is 7.08. The first-order valence-electron chi connectivity index (χ1n) is 9.20. The fourth-order valence-electron chi connectivity index (χ4n) is 2.64. The average Bonchev–Trinajstić information content (AvgIpc) is 2.46. The Bertz CT molecular complexity index is 454. The zero-order chi connectivity index (χ0) is 17.4. The van der Waals surface area contributed by atoms with Crippen LogP contribution in [-0.2, 0) is 0 Å². The first-order valence-corrected chi connectivity index (χ1v) is 9.20. The molecule has 2 unspecified atom stereocenters. The summed E-state index contributed by atoms with van der Waals surface area (Å²) in [6, 6.07) is 7.19. The SMILES string of the molecule is CC(C)CCC(C)Nc1ccc(NC(C)CCC(C)C)c(N)c1. The predicted octanol–water partition coefficient (Wildman–Crippen LogP) is 5.74. The van der Waals surface area contributed by atoms with Crippen LogP contribution in [0.25, 0.3) is 0 Å². The molecule has 0 fully saturated rings. The number of benzene rings is 1. The van der Waals surface area contributed by atoms with Crippen LogP contribution in [0, 0.1) is 11.8 Å². The number of nitrogen functional groups attached to an aromatic ring is 1. The molecule has 3 nitrogen and oxygen atoms in total. The second-order valence-electron chi connectivity index (χ2n) is 7.84. The molecule has 0 aliphatic carbocycles. The van der Waals surface area contributed by atoms with Gasteiger partial charge in [-0.1, -0.05) is 27.7 Å². The summed E-state index contributed by atoms with van der Waals surface area (Å²) >= 11 is 0. The van der Waals surface area contributed by atoms with Crippen LogP contribution >= 0.6 is 0 Å². The molecule has 0 aliphatic heterocycles. The zero-order valence-electron chi connectivity index (χ0n) is 15.9. The lowest BCUT2D eigenvalue weighted by atomic mass is 10.0. The van der Waals surface area contributed by atoms with Crippen LogP contribution in [0.3, 0.4) is 0 Å². The van der Waals surface area contributed by atoms with Gasteiger partial charge in [-0.05, 0) is 69.6 Å². The normalized spacial score (nSPS) is 14.1. The highest BCUT2D eigenvalue weighted by molar-refractivity contribution is 5.71. The molecule has 0 spiro atoms. The molecule has 0 amide bonds. The second-order valence-corrected chi connectivity index (χ2v) is 7.84. The summed E-state index contributed by atoms with van der Waals surface area (Å²) in [4.78, 5) is 0. The molecular weight excluding hydrogens is 282 g/mol. The monoisotopic (exact) mass is 319 g/mol. The van der Waals surface area contributed by atoms with Crippen LogP contribution in [0.2, 0.25) is 0 Å². The van der Waals surface area contributed by atoms with Gasteiger partial charge in [0.25, 0.3) is 0 Å². The van der Waals surface area contributed by atoms with Crippen molar-refractivity contribution in [1.29, 1.82) is 0 Å². The van der Waals surface area contributed by atoms with E-state index in [0.717, 1.165) is 28.9 Å². The summed E-state index contributed by atoms with van der Waals surface area (Å²) in [5.74, 6) is 1.50. The first-order chi connectivity index (χ1) is 10.8. The molecule has 0 aliphatic rings. The Hall–Kier alpha value is -1.38. The summed E-state index contributed by atoms with van der Waals surface area (Å²) in [7, 11) is 0. The van der Waals surface area contributed by atoms with Crippen molar-refractivity contribution < 1.29 is 0 Å². The van der Waals surface area contributed by atoms with E-state index in [1.165, 1.54) is 25.7 Å². The number of rotatable bonds is 10. The lowest BCUT2D eigenvalue weighted by molar-refractivity contribution is 0.527. The summed E-state index contributed by atoms with van der Waals surface area (Å²) < 4.78 is 0. The Balaban J connectivity index is 2.53. The third kappa shape index (κ3) is 8.15. The number of nitrogens with two attached hydrogens (primary N) is 1. The van der Waals surface area contributed by atoms with E-state index in [-0.39, 0.29) is 0 Å². The molecule has 0 saturated heterocycles. The fourth-order valence-corrected chi connectivity index (χ4v) is 2.64. The van der Waals surface area contributed by atoms with Crippen LogP contribution in [0.4, 0.5) is 17.1 Å². The maximum atomic E-state index is 6.22. The van der Waals surface area contributed by atoms with Crippen LogP contribution in [0.5, 0.6) is 0 Å². The van der Waals surface area contributed by atoms with Gasteiger partial charge in [0.1, 0.15) is 0 Å². The molecule has 1 aromatic carbocycles. The number of hydrogen-bond acceptors (Lipinski definition) is 3. The molecule has 2 atom stereocenters. The molecule has 3 heteroatoms. The summed E-state index contributed by atoms with van der Waals surface area (Å²) in [6.07, 6.45) is 4.84. The van der Waals surface area contributed by atoms with E-state index in [1.807, 2.05) is 6.07 Å². The van der Waals surface area contributed by atoms with Crippen molar-refractivity contribution in [1.82, 2.24) is 0 Å². The van der Waals surface area contributed by atoms with Gasteiger partial charge in [-0.15, -0.1) is 0 Å². The van der Waals surface area contributed by atoms with Gasteiger partial charge >= 0.3 is 0 Å². The molecule has 23 heavy (non-hydrogen) atoms. The van der Waals surface area contributed by atoms with E-state index in [0.29, 0.717) is 12.1 Å². The molecular formula is C20H37N3. The van der Waals surface area contributed by atoms with Crippen molar-refractivity contribution in [2.45, 2.75) is 79.3 Å². The van der Waals surface area contributed by atoms with Gasteiger partial charge < -0.3 is 16.4 Å². The van der Waals surface area contributed by atoms with Gasteiger partial charge in [-0.3, -0.25) is 0 Å². The molecule has 0 saturated carbocycles.